The van der Waals surface area contributed by atoms with Crippen LogP contribution < -0.4 is 0 Å². The second-order valence-corrected chi connectivity index (χ2v) is 2.78. The van der Waals surface area contributed by atoms with Gasteiger partial charge in [-0.2, -0.15) is 0 Å². The number of hydrogen-bond donors (Lipinski definition) is 0. The molecule has 0 aromatic heterocycles. The second-order valence-electron chi connectivity index (χ2n) is 2.78. The Morgan fingerprint density at radius 3 is 3.00 bits per heavy atom. The summed E-state index contributed by atoms with van der Waals surface area (Å²) in [5.41, 5.74) is 8.13. The van der Waals surface area contributed by atoms with Gasteiger partial charge in [0.1, 0.15) is 0 Å². The topological polar surface area (TPSA) is 58.0 Å². The molecule has 0 rings (SSSR count). The fraction of sp³-hybridized carbons (Fsp3) is 0.778. The van der Waals surface area contributed by atoms with Crippen LogP contribution in [-0.2, 0) is 4.74 Å². The number of hydrogen-bond acceptors (Lipinski definition) is 2. The van der Waals surface area contributed by atoms with Crippen LogP contribution in [0.4, 0.5) is 0 Å². The number of nitrogens with zero attached hydrogens (tertiary/aromatic N) is 3. The maximum absolute atomic E-state index is 8.13. The molecule has 0 fully saturated rings. The average molecular weight is 183 g/mol. The van der Waals surface area contributed by atoms with Crippen molar-refractivity contribution >= 4 is 0 Å². The summed E-state index contributed by atoms with van der Waals surface area (Å²) < 4.78 is 5.49. The summed E-state index contributed by atoms with van der Waals surface area (Å²) in [6.07, 6.45) is 4.68. The Bertz CT molecular complexity index is 176. The fourth-order valence-corrected chi connectivity index (χ4v) is 0.903. The van der Waals surface area contributed by atoms with Crippen LogP contribution in [-0.4, -0.2) is 19.3 Å². The molecular weight excluding hydrogens is 166 g/mol. The molecule has 0 bridgehead atoms. The number of azide groups is 1. The Labute approximate surface area is 79.2 Å². The maximum Gasteiger partial charge on any atom is 0.0665 e. The lowest BCUT2D eigenvalue weighted by Crippen LogP contribution is -2.16. The van der Waals surface area contributed by atoms with Gasteiger partial charge in [-0.3, -0.25) is 0 Å². The lowest BCUT2D eigenvalue weighted by molar-refractivity contribution is 0.0594. The maximum atomic E-state index is 8.13. The highest BCUT2D eigenvalue weighted by Crippen LogP contribution is 2.02. The van der Waals surface area contributed by atoms with Crippen molar-refractivity contribution in [2.45, 2.75) is 32.3 Å². The zero-order valence-corrected chi connectivity index (χ0v) is 8.15. The van der Waals surface area contributed by atoms with E-state index in [-0.39, 0.29) is 6.10 Å². The first-order chi connectivity index (χ1) is 6.35. The first kappa shape index (κ1) is 12.0. The SMILES string of the molecule is C=CC[C@H](CN=[N+]=[N-])OCCCC. The van der Waals surface area contributed by atoms with Crippen LogP contribution in [0.5, 0.6) is 0 Å². The van der Waals surface area contributed by atoms with Gasteiger partial charge in [0.05, 0.1) is 12.6 Å². The number of rotatable bonds is 8. The van der Waals surface area contributed by atoms with Gasteiger partial charge in [-0.1, -0.05) is 24.5 Å². The van der Waals surface area contributed by atoms with E-state index in [9.17, 15) is 0 Å². The molecule has 74 valence electrons. The lowest BCUT2D eigenvalue weighted by Gasteiger charge is -2.12. The predicted molar refractivity (Wildman–Crippen MR) is 53.5 cm³/mol. The highest BCUT2D eigenvalue weighted by atomic mass is 16.5. The van der Waals surface area contributed by atoms with E-state index in [1.165, 1.54) is 0 Å². The standard InChI is InChI=1S/C9H17N3O/c1-3-5-7-13-9(6-4-2)8-11-12-10/h4,9H,2-3,5-8H2,1H3/t9-/m1/s1. The highest BCUT2D eigenvalue weighted by molar-refractivity contribution is 4.75. The van der Waals surface area contributed by atoms with Crippen LogP contribution in [0.25, 0.3) is 10.4 Å². The summed E-state index contributed by atoms with van der Waals surface area (Å²) >= 11 is 0. The molecule has 0 spiro atoms. The van der Waals surface area contributed by atoms with E-state index in [0.717, 1.165) is 25.9 Å². The zero-order chi connectivity index (χ0) is 9.94. The molecule has 4 nitrogen and oxygen atoms in total. The summed E-state index contributed by atoms with van der Waals surface area (Å²) in [6.45, 7) is 6.86. The average Bonchev–Trinajstić information content (AvgIpc) is 2.14. The van der Waals surface area contributed by atoms with Gasteiger partial charge in [0, 0.05) is 11.5 Å². The largest absolute Gasteiger partial charge is 0.378 e. The van der Waals surface area contributed by atoms with E-state index in [0.29, 0.717) is 6.54 Å². The Morgan fingerprint density at radius 1 is 1.69 bits per heavy atom. The lowest BCUT2D eigenvalue weighted by atomic mass is 10.2. The van der Waals surface area contributed by atoms with E-state index in [4.69, 9.17) is 10.3 Å². The smallest absolute Gasteiger partial charge is 0.0665 e. The predicted octanol–water partition coefficient (Wildman–Crippen LogP) is 3.06. The second kappa shape index (κ2) is 9.10. The Balaban J connectivity index is 3.65. The van der Waals surface area contributed by atoms with Crippen molar-refractivity contribution < 1.29 is 4.74 Å². The third kappa shape index (κ3) is 7.37. The Hall–Kier alpha value is -0.990. The molecule has 0 aliphatic rings. The van der Waals surface area contributed by atoms with Gasteiger partial charge in [-0.15, -0.1) is 6.58 Å². The van der Waals surface area contributed by atoms with Crippen LogP contribution in [0, 0.1) is 0 Å². The molecule has 0 amide bonds. The number of ether oxygens (including phenoxy) is 1. The minimum absolute atomic E-state index is 0.0000463. The molecule has 0 saturated heterocycles. The summed E-state index contributed by atoms with van der Waals surface area (Å²) in [7, 11) is 0. The van der Waals surface area contributed by atoms with Crippen LogP contribution in [0.3, 0.4) is 0 Å². The molecule has 0 aliphatic heterocycles. The molecule has 0 aromatic carbocycles. The molecule has 0 radical (unpaired) electrons. The quantitative estimate of drug-likeness (QED) is 0.187. The van der Waals surface area contributed by atoms with Crippen LogP contribution >= 0.6 is 0 Å². The highest BCUT2D eigenvalue weighted by Gasteiger charge is 2.04. The van der Waals surface area contributed by atoms with Crippen molar-refractivity contribution in [1.29, 1.82) is 0 Å². The summed E-state index contributed by atoms with van der Waals surface area (Å²) in [5.74, 6) is 0. The normalized spacial score (nSPS) is 11.8. The van der Waals surface area contributed by atoms with Crippen molar-refractivity contribution in [2.75, 3.05) is 13.2 Å². The van der Waals surface area contributed by atoms with Crippen LogP contribution in [0.15, 0.2) is 17.8 Å². The third-order valence-electron chi connectivity index (χ3n) is 1.63. The molecule has 4 heteroatoms. The summed E-state index contributed by atoms with van der Waals surface area (Å²) in [6, 6.07) is 0. The van der Waals surface area contributed by atoms with Gasteiger partial charge in [0.25, 0.3) is 0 Å². The van der Waals surface area contributed by atoms with E-state index in [1.807, 2.05) is 0 Å². The minimum atomic E-state index is -0.0000463. The monoisotopic (exact) mass is 183 g/mol. The van der Waals surface area contributed by atoms with Crippen LogP contribution in [0.2, 0.25) is 0 Å². The summed E-state index contributed by atoms with van der Waals surface area (Å²) in [4.78, 5) is 2.70. The van der Waals surface area contributed by atoms with Crippen LogP contribution in [0.1, 0.15) is 26.2 Å². The van der Waals surface area contributed by atoms with Gasteiger partial charge < -0.3 is 4.74 Å². The van der Waals surface area contributed by atoms with Gasteiger partial charge in [-0.05, 0) is 18.4 Å². The zero-order valence-electron chi connectivity index (χ0n) is 8.15. The van der Waals surface area contributed by atoms with Crippen molar-refractivity contribution in [1.82, 2.24) is 0 Å². The third-order valence-corrected chi connectivity index (χ3v) is 1.63. The molecule has 0 heterocycles. The molecule has 13 heavy (non-hydrogen) atoms. The Morgan fingerprint density at radius 2 is 2.46 bits per heavy atom. The van der Waals surface area contributed by atoms with Gasteiger partial charge in [0.15, 0.2) is 0 Å². The summed E-state index contributed by atoms with van der Waals surface area (Å²) in [5, 5.41) is 3.48. The molecule has 0 N–H and O–H groups in total. The van der Waals surface area contributed by atoms with E-state index in [1.54, 1.807) is 6.08 Å². The van der Waals surface area contributed by atoms with Crippen molar-refractivity contribution in [2.24, 2.45) is 5.11 Å². The van der Waals surface area contributed by atoms with Crippen molar-refractivity contribution in [3.05, 3.63) is 23.1 Å². The van der Waals surface area contributed by atoms with E-state index in [2.05, 4.69) is 23.5 Å². The van der Waals surface area contributed by atoms with Crippen molar-refractivity contribution in [3.63, 3.8) is 0 Å². The van der Waals surface area contributed by atoms with Gasteiger partial charge in [-0.25, -0.2) is 0 Å². The Kier molecular flexibility index (Phi) is 8.41. The van der Waals surface area contributed by atoms with E-state index >= 15 is 0 Å². The molecule has 0 aliphatic carbocycles. The number of unbranched alkanes of at least 4 members (excludes halogenated alkanes) is 1. The molecular formula is C9H17N3O. The van der Waals surface area contributed by atoms with E-state index < -0.39 is 0 Å². The van der Waals surface area contributed by atoms with Crippen molar-refractivity contribution in [3.8, 4) is 0 Å². The first-order valence-corrected chi connectivity index (χ1v) is 4.58. The molecule has 1 atom stereocenters. The minimum Gasteiger partial charge on any atom is -0.378 e. The first-order valence-electron chi connectivity index (χ1n) is 4.58. The van der Waals surface area contributed by atoms with Gasteiger partial charge in [0.2, 0.25) is 0 Å². The fourth-order valence-electron chi connectivity index (χ4n) is 0.903. The molecule has 0 aromatic rings. The van der Waals surface area contributed by atoms with Gasteiger partial charge >= 0.3 is 0 Å². The molecule has 0 unspecified atom stereocenters. The molecule has 0 saturated carbocycles.